The predicted octanol–water partition coefficient (Wildman–Crippen LogP) is 4.33. The highest BCUT2D eigenvalue weighted by molar-refractivity contribution is 14.1. The lowest BCUT2D eigenvalue weighted by Gasteiger charge is -2.12. The van der Waals surface area contributed by atoms with Gasteiger partial charge < -0.3 is 10.1 Å². The van der Waals surface area contributed by atoms with Crippen LogP contribution in [-0.2, 0) is 6.54 Å². The maximum Gasteiger partial charge on any atom is 0.134 e. The van der Waals surface area contributed by atoms with Gasteiger partial charge in [-0.1, -0.05) is 19.1 Å². The van der Waals surface area contributed by atoms with Crippen LogP contribution in [0.3, 0.4) is 0 Å². The Hall–Kier alpha value is -1.14. The third kappa shape index (κ3) is 3.91. The predicted molar refractivity (Wildman–Crippen MR) is 83.0 cm³/mol. The first kappa shape index (κ1) is 14.3. The zero-order valence-electron chi connectivity index (χ0n) is 10.6. The third-order valence-corrected chi connectivity index (χ3v) is 3.32. The van der Waals surface area contributed by atoms with Gasteiger partial charge in [0.05, 0.1) is 0 Å². The van der Waals surface area contributed by atoms with Crippen molar-refractivity contribution < 1.29 is 9.13 Å². The molecule has 0 aliphatic carbocycles. The van der Waals surface area contributed by atoms with Crippen molar-refractivity contribution in [1.82, 2.24) is 5.32 Å². The van der Waals surface area contributed by atoms with Crippen LogP contribution in [0.5, 0.6) is 11.5 Å². The molecule has 2 aromatic carbocycles. The van der Waals surface area contributed by atoms with Crippen LogP contribution < -0.4 is 10.1 Å². The highest BCUT2D eigenvalue weighted by Gasteiger charge is 2.10. The zero-order chi connectivity index (χ0) is 13.7. The summed E-state index contributed by atoms with van der Waals surface area (Å²) in [6.45, 7) is 3.24. The molecule has 0 saturated carbocycles. The Morgan fingerprint density at radius 2 is 2.00 bits per heavy atom. The molecular formula is C15H15FINO. The first-order valence-corrected chi connectivity index (χ1v) is 7.20. The fourth-order valence-electron chi connectivity index (χ4n) is 1.71. The van der Waals surface area contributed by atoms with Crippen molar-refractivity contribution >= 4 is 22.6 Å². The standard InChI is InChI=1S/C15H15FINO/c1-2-18-10-13-14(16)7-4-8-15(13)19-12-6-3-5-11(17)9-12/h3-9,18H,2,10H2,1H3. The first-order valence-electron chi connectivity index (χ1n) is 6.12. The summed E-state index contributed by atoms with van der Waals surface area (Å²) in [6, 6.07) is 12.6. The van der Waals surface area contributed by atoms with Gasteiger partial charge in [-0.15, -0.1) is 0 Å². The average Bonchev–Trinajstić information content (AvgIpc) is 2.38. The molecule has 0 amide bonds. The van der Waals surface area contributed by atoms with Gasteiger partial charge in [0.2, 0.25) is 0 Å². The van der Waals surface area contributed by atoms with Crippen LogP contribution in [0.4, 0.5) is 4.39 Å². The molecule has 0 radical (unpaired) electrons. The second kappa shape index (κ2) is 6.86. The summed E-state index contributed by atoms with van der Waals surface area (Å²) in [5.41, 5.74) is 0.559. The topological polar surface area (TPSA) is 21.3 Å². The molecule has 0 aromatic heterocycles. The van der Waals surface area contributed by atoms with Gasteiger partial charge >= 0.3 is 0 Å². The van der Waals surface area contributed by atoms with Crippen molar-refractivity contribution in [3.63, 3.8) is 0 Å². The van der Waals surface area contributed by atoms with Gasteiger partial charge in [0.1, 0.15) is 17.3 Å². The molecular weight excluding hydrogens is 356 g/mol. The highest BCUT2D eigenvalue weighted by Crippen LogP contribution is 2.28. The quantitative estimate of drug-likeness (QED) is 0.790. The Bertz CT molecular complexity index is 560. The third-order valence-electron chi connectivity index (χ3n) is 2.65. The van der Waals surface area contributed by atoms with Gasteiger partial charge in [0.15, 0.2) is 0 Å². The van der Waals surface area contributed by atoms with Gasteiger partial charge in [-0.3, -0.25) is 0 Å². The molecule has 0 unspecified atom stereocenters. The minimum Gasteiger partial charge on any atom is -0.457 e. The van der Waals surface area contributed by atoms with Crippen molar-refractivity contribution in [2.75, 3.05) is 6.54 Å². The van der Waals surface area contributed by atoms with E-state index in [0.717, 1.165) is 15.9 Å². The number of ether oxygens (including phenoxy) is 1. The van der Waals surface area contributed by atoms with Crippen LogP contribution >= 0.6 is 22.6 Å². The fourth-order valence-corrected chi connectivity index (χ4v) is 2.23. The number of hydrogen-bond acceptors (Lipinski definition) is 2. The molecule has 2 nitrogen and oxygen atoms in total. The maximum absolute atomic E-state index is 13.8. The Labute approximate surface area is 126 Å². The molecule has 0 spiro atoms. The van der Waals surface area contributed by atoms with E-state index in [0.29, 0.717) is 17.9 Å². The molecule has 1 N–H and O–H groups in total. The van der Waals surface area contributed by atoms with Gasteiger partial charge in [-0.2, -0.15) is 0 Å². The summed E-state index contributed by atoms with van der Waals surface area (Å²) in [7, 11) is 0. The Morgan fingerprint density at radius 1 is 1.21 bits per heavy atom. The van der Waals surface area contributed by atoms with E-state index in [9.17, 15) is 4.39 Å². The van der Waals surface area contributed by atoms with Crippen LogP contribution in [0.1, 0.15) is 12.5 Å². The Morgan fingerprint density at radius 3 is 2.74 bits per heavy atom. The summed E-state index contributed by atoms with van der Waals surface area (Å²) < 4.78 is 20.7. The van der Waals surface area contributed by atoms with Gasteiger partial charge in [-0.05, 0) is 59.5 Å². The van der Waals surface area contributed by atoms with Crippen LogP contribution in [0.2, 0.25) is 0 Å². The minimum absolute atomic E-state index is 0.246. The summed E-state index contributed by atoms with van der Waals surface area (Å²) in [5.74, 6) is 1.03. The molecule has 0 atom stereocenters. The molecule has 0 heterocycles. The van der Waals surface area contributed by atoms with Crippen molar-refractivity contribution in [1.29, 1.82) is 0 Å². The van der Waals surface area contributed by atoms with Crippen LogP contribution in [0, 0.1) is 9.39 Å². The lowest BCUT2D eigenvalue weighted by Crippen LogP contribution is -2.13. The fraction of sp³-hybridized carbons (Fsp3) is 0.200. The molecule has 0 saturated heterocycles. The van der Waals surface area contributed by atoms with Gasteiger partial charge in [0, 0.05) is 15.7 Å². The van der Waals surface area contributed by atoms with E-state index in [1.807, 2.05) is 31.2 Å². The molecule has 2 rings (SSSR count). The smallest absolute Gasteiger partial charge is 0.134 e. The molecule has 19 heavy (non-hydrogen) atoms. The van der Waals surface area contributed by atoms with Gasteiger partial charge in [-0.25, -0.2) is 4.39 Å². The molecule has 0 aliphatic heterocycles. The normalized spacial score (nSPS) is 10.5. The van der Waals surface area contributed by atoms with Crippen molar-refractivity contribution in [3.8, 4) is 11.5 Å². The molecule has 100 valence electrons. The summed E-state index contributed by atoms with van der Waals surface area (Å²) in [4.78, 5) is 0. The lowest BCUT2D eigenvalue weighted by molar-refractivity contribution is 0.462. The first-order chi connectivity index (χ1) is 9.20. The Balaban J connectivity index is 2.26. The molecule has 0 bridgehead atoms. The summed E-state index contributed by atoms with van der Waals surface area (Å²) in [5, 5.41) is 3.12. The van der Waals surface area contributed by atoms with E-state index in [1.54, 1.807) is 12.1 Å². The van der Waals surface area contributed by atoms with E-state index < -0.39 is 0 Å². The minimum atomic E-state index is -0.246. The second-order valence-corrected chi connectivity index (χ2v) is 5.30. The largest absolute Gasteiger partial charge is 0.457 e. The number of benzene rings is 2. The molecule has 2 aromatic rings. The van der Waals surface area contributed by atoms with Crippen molar-refractivity contribution in [2.45, 2.75) is 13.5 Å². The monoisotopic (exact) mass is 371 g/mol. The molecule has 0 fully saturated rings. The van der Waals surface area contributed by atoms with E-state index >= 15 is 0 Å². The van der Waals surface area contributed by atoms with Crippen molar-refractivity contribution in [3.05, 3.63) is 57.4 Å². The summed E-state index contributed by atoms with van der Waals surface area (Å²) in [6.07, 6.45) is 0. The van der Waals surface area contributed by atoms with Crippen LogP contribution in [-0.4, -0.2) is 6.54 Å². The van der Waals surface area contributed by atoms with E-state index in [2.05, 4.69) is 27.9 Å². The molecule has 0 aliphatic rings. The van der Waals surface area contributed by atoms with E-state index in [-0.39, 0.29) is 5.82 Å². The highest BCUT2D eigenvalue weighted by atomic mass is 127. The van der Waals surface area contributed by atoms with Crippen molar-refractivity contribution in [2.24, 2.45) is 0 Å². The van der Waals surface area contributed by atoms with E-state index in [1.165, 1.54) is 6.07 Å². The molecule has 4 heteroatoms. The van der Waals surface area contributed by atoms with Crippen LogP contribution in [0.25, 0.3) is 0 Å². The maximum atomic E-state index is 13.8. The van der Waals surface area contributed by atoms with Gasteiger partial charge in [0.25, 0.3) is 0 Å². The number of rotatable bonds is 5. The SMILES string of the molecule is CCNCc1c(F)cccc1Oc1cccc(I)c1. The number of halogens is 2. The van der Waals surface area contributed by atoms with E-state index in [4.69, 9.17) is 4.74 Å². The number of nitrogens with one attached hydrogen (secondary N) is 1. The zero-order valence-corrected chi connectivity index (χ0v) is 12.8. The average molecular weight is 371 g/mol. The Kier molecular flexibility index (Phi) is 5.15. The lowest BCUT2D eigenvalue weighted by atomic mass is 10.2. The summed E-state index contributed by atoms with van der Waals surface area (Å²) >= 11 is 2.22. The second-order valence-electron chi connectivity index (χ2n) is 4.06. The number of hydrogen-bond donors (Lipinski definition) is 1. The van der Waals surface area contributed by atoms with Crippen LogP contribution in [0.15, 0.2) is 42.5 Å².